The topological polar surface area (TPSA) is 78.9 Å². The van der Waals surface area contributed by atoms with Gasteiger partial charge in [-0.3, -0.25) is 14.4 Å². The fraction of sp³-hybridized carbons (Fsp3) is 0.640. The number of hydrogen-bond donors (Lipinski definition) is 0. The van der Waals surface area contributed by atoms with Gasteiger partial charge in [0.05, 0.1) is 0 Å². The molecule has 0 unspecified atom stereocenters. The van der Waals surface area contributed by atoms with E-state index in [2.05, 4.69) is 43.4 Å². The van der Waals surface area contributed by atoms with Crippen molar-refractivity contribution in [3.8, 4) is 0 Å². The third-order valence-corrected chi connectivity index (χ3v) is 4.27. The van der Waals surface area contributed by atoms with Gasteiger partial charge in [0.15, 0.2) is 6.10 Å². The van der Waals surface area contributed by atoms with E-state index in [0.29, 0.717) is 6.42 Å². The van der Waals surface area contributed by atoms with Crippen LogP contribution in [0.5, 0.6) is 0 Å². The highest BCUT2D eigenvalue weighted by Gasteiger charge is 2.17. The number of hydrogen-bond acceptors (Lipinski definition) is 6. The van der Waals surface area contributed by atoms with Crippen LogP contribution in [0.25, 0.3) is 0 Å². The fourth-order valence-electron chi connectivity index (χ4n) is 2.67. The fourth-order valence-corrected chi connectivity index (χ4v) is 2.67. The summed E-state index contributed by atoms with van der Waals surface area (Å²) in [7, 11) is 0. The van der Waals surface area contributed by atoms with Crippen LogP contribution in [0.1, 0.15) is 85.0 Å². The molecule has 0 saturated carbocycles. The number of carbonyl (C=O) groups excluding carboxylic acids is 3. The van der Waals surface area contributed by atoms with Gasteiger partial charge >= 0.3 is 17.9 Å². The standard InChI is InChI=1S/C25H40O6/c1-4-5-6-7-8-9-10-11-12-13-14-15-16-17-18-19-25(28)31-24(20-29-22(2)26)21-30-23(3)27/h5-6,8-9,11-12,24H,4,7,10,13-21H2,1-3H3/b6-5-,9-8-,12-11-. The van der Waals surface area contributed by atoms with Crippen molar-refractivity contribution in [1.29, 1.82) is 0 Å². The van der Waals surface area contributed by atoms with Crippen molar-refractivity contribution < 1.29 is 28.6 Å². The van der Waals surface area contributed by atoms with Crippen molar-refractivity contribution >= 4 is 17.9 Å². The molecule has 0 N–H and O–H groups in total. The Morgan fingerprint density at radius 2 is 1.23 bits per heavy atom. The van der Waals surface area contributed by atoms with E-state index in [-0.39, 0.29) is 19.2 Å². The Morgan fingerprint density at radius 1 is 0.710 bits per heavy atom. The Kier molecular flexibility index (Phi) is 19.3. The molecular weight excluding hydrogens is 396 g/mol. The van der Waals surface area contributed by atoms with E-state index in [4.69, 9.17) is 14.2 Å². The molecule has 0 atom stereocenters. The molecule has 0 aliphatic heterocycles. The summed E-state index contributed by atoms with van der Waals surface area (Å²) in [5.74, 6) is -1.32. The zero-order chi connectivity index (χ0) is 23.2. The maximum Gasteiger partial charge on any atom is 0.306 e. The summed E-state index contributed by atoms with van der Waals surface area (Å²) in [4.78, 5) is 33.8. The van der Waals surface area contributed by atoms with Crippen molar-refractivity contribution in [2.24, 2.45) is 0 Å². The summed E-state index contributed by atoms with van der Waals surface area (Å²) in [6, 6.07) is 0. The van der Waals surface area contributed by atoms with Crippen LogP contribution in [0.15, 0.2) is 36.5 Å². The molecule has 0 aromatic carbocycles. The van der Waals surface area contributed by atoms with Crippen LogP contribution in [0.2, 0.25) is 0 Å². The van der Waals surface area contributed by atoms with E-state index in [1.165, 1.54) is 13.8 Å². The molecule has 0 fully saturated rings. The van der Waals surface area contributed by atoms with Crippen LogP contribution in [-0.2, 0) is 28.6 Å². The van der Waals surface area contributed by atoms with E-state index >= 15 is 0 Å². The molecule has 0 amide bonds. The molecule has 0 aliphatic rings. The molecule has 0 aromatic rings. The molecule has 0 spiro atoms. The third-order valence-electron chi connectivity index (χ3n) is 4.27. The van der Waals surface area contributed by atoms with Gasteiger partial charge in [0.25, 0.3) is 0 Å². The van der Waals surface area contributed by atoms with Crippen LogP contribution < -0.4 is 0 Å². The van der Waals surface area contributed by atoms with Gasteiger partial charge in [-0.25, -0.2) is 0 Å². The SMILES string of the molecule is CC/C=C\C/C=C\C/C=C\CCCCCCCC(=O)OC(COC(C)=O)COC(C)=O. The maximum atomic E-state index is 12.0. The molecule has 6 heteroatoms. The Morgan fingerprint density at radius 3 is 1.81 bits per heavy atom. The molecule has 0 aromatic heterocycles. The van der Waals surface area contributed by atoms with Crippen molar-refractivity contribution in [3.05, 3.63) is 36.5 Å². The Labute approximate surface area is 187 Å². The van der Waals surface area contributed by atoms with Crippen molar-refractivity contribution in [3.63, 3.8) is 0 Å². The Hall–Kier alpha value is -2.37. The Balaban J connectivity index is 3.75. The minimum absolute atomic E-state index is 0.117. The number of allylic oxidation sites excluding steroid dienone is 6. The number of rotatable bonds is 18. The summed E-state index contributed by atoms with van der Waals surface area (Å²) in [6.07, 6.45) is 22.0. The monoisotopic (exact) mass is 436 g/mol. The summed E-state index contributed by atoms with van der Waals surface area (Å²) in [6.45, 7) is 4.44. The van der Waals surface area contributed by atoms with Crippen LogP contribution >= 0.6 is 0 Å². The second-order valence-electron chi connectivity index (χ2n) is 7.32. The highest BCUT2D eigenvalue weighted by molar-refractivity contribution is 5.70. The second kappa shape index (κ2) is 20.9. The zero-order valence-corrected chi connectivity index (χ0v) is 19.5. The number of unbranched alkanes of at least 4 members (excludes halogenated alkanes) is 5. The van der Waals surface area contributed by atoms with E-state index in [1.54, 1.807) is 0 Å². The summed E-state index contributed by atoms with van der Waals surface area (Å²) in [5, 5.41) is 0. The van der Waals surface area contributed by atoms with Crippen molar-refractivity contribution in [1.82, 2.24) is 0 Å². The van der Waals surface area contributed by atoms with Gasteiger partial charge < -0.3 is 14.2 Å². The quantitative estimate of drug-likeness (QED) is 0.120. The van der Waals surface area contributed by atoms with E-state index in [1.807, 2.05) is 0 Å². The largest absolute Gasteiger partial charge is 0.462 e. The molecule has 0 rings (SSSR count). The summed E-state index contributed by atoms with van der Waals surface area (Å²) in [5.41, 5.74) is 0. The first-order chi connectivity index (χ1) is 15.0. The van der Waals surface area contributed by atoms with Gasteiger partial charge in [-0.05, 0) is 38.5 Å². The predicted octanol–water partition coefficient (Wildman–Crippen LogP) is 5.61. The predicted molar refractivity (Wildman–Crippen MR) is 122 cm³/mol. The summed E-state index contributed by atoms with van der Waals surface area (Å²) < 4.78 is 15.0. The first-order valence-corrected chi connectivity index (χ1v) is 11.4. The second-order valence-corrected chi connectivity index (χ2v) is 7.32. The lowest BCUT2D eigenvalue weighted by molar-refractivity contribution is -0.165. The minimum atomic E-state index is -0.769. The van der Waals surface area contributed by atoms with Gasteiger partial charge in [0.2, 0.25) is 0 Å². The lowest BCUT2D eigenvalue weighted by Gasteiger charge is -2.17. The number of carbonyl (C=O) groups is 3. The van der Waals surface area contributed by atoms with Crippen LogP contribution in [0, 0.1) is 0 Å². The molecular formula is C25H40O6. The Bertz CT molecular complexity index is 559. The van der Waals surface area contributed by atoms with Gasteiger partial charge in [-0.15, -0.1) is 0 Å². The van der Waals surface area contributed by atoms with Gasteiger partial charge in [0.1, 0.15) is 13.2 Å². The molecule has 0 saturated heterocycles. The van der Waals surface area contributed by atoms with Crippen LogP contribution in [-0.4, -0.2) is 37.2 Å². The average Bonchev–Trinajstić information content (AvgIpc) is 2.72. The number of esters is 3. The number of ether oxygens (including phenoxy) is 3. The van der Waals surface area contributed by atoms with E-state index < -0.39 is 18.0 Å². The van der Waals surface area contributed by atoms with Crippen molar-refractivity contribution in [2.45, 2.75) is 91.1 Å². The molecule has 6 nitrogen and oxygen atoms in total. The minimum Gasteiger partial charge on any atom is -0.462 e. The van der Waals surface area contributed by atoms with Crippen molar-refractivity contribution in [2.75, 3.05) is 13.2 Å². The zero-order valence-electron chi connectivity index (χ0n) is 19.5. The maximum absolute atomic E-state index is 12.0. The van der Waals surface area contributed by atoms with E-state index in [0.717, 1.165) is 57.8 Å². The molecule has 0 heterocycles. The first-order valence-electron chi connectivity index (χ1n) is 11.4. The highest BCUT2D eigenvalue weighted by Crippen LogP contribution is 2.09. The molecule has 0 bridgehead atoms. The molecule has 0 aliphatic carbocycles. The molecule has 0 radical (unpaired) electrons. The average molecular weight is 437 g/mol. The van der Waals surface area contributed by atoms with E-state index in [9.17, 15) is 14.4 Å². The smallest absolute Gasteiger partial charge is 0.306 e. The van der Waals surface area contributed by atoms with Gasteiger partial charge in [-0.1, -0.05) is 62.6 Å². The molecule has 176 valence electrons. The van der Waals surface area contributed by atoms with Gasteiger partial charge in [0, 0.05) is 20.3 Å². The lowest BCUT2D eigenvalue weighted by Crippen LogP contribution is -2.30. The highest BCUT2D eigenvalue weighted by atomic mass is 16.6. The molecule has 31 heavy (non-hydrogen) atoms. The van der Waals surface area contributed by atoms with Gasteiger partial charge in [-0.2, -0.15) is 0 Å². The normalized spacial score (nSPS) is 11.6. The van der Waals surface area contributed by atoms with Crippen LogP contribution in [0.4, 0.5) is 0 Å². The summed E-state index contributed by atoms with van der Waals surface area (Å²) >= 11 is 0. The van der Waals surface area contributed by atoms with Crippen LogP contribution in [0.3, 0.4) is 0 Å². The lowest BCUT2D eigenvalue weighted by atomic mass is 10.1. The third kappa shape index (κ3) is 22.1. The first kappa shape index (κ1) is 28.6.